The number of benzene rings is 1. The number of alkyl halides is 1. The number of aryl methyl sites for hydroxylation is 1. The van der Waals surface area contributed by atoms with Gasteiger partial charge in [0, 0.05) is 34.2 Å². The third kappa shape index (κ3) is 2.68. The lowest BCUT2D eigenvalue weighted by atomic mass is 10.2. The molecule has 1 aromatic carbocycles. The zero-order chi connectivity index (χ0) is 14.8. The highest BCUT2D eigenvalue weighted by Gasteiger charge is 2.14. The minimum absolute atomic E-state index is 0.335. The summed E-state index contributed by atoms with van der Waals surface area (Å²) in [7, 11) is -0.806. The molecule has 3 rings (SSSR count). The zero-order valence-electron chi connectivity index (χ0n) is 11.8. The third-order valence-corrected chi connectivity index (χ3v) is 5.06. The van der Waals surface area contributed by atoms with Crippen LogP contribution >= 0.6 is 11.6 Å². The first-order valence-electron chi connectivity index (χ1n) is 6.88. The Morgan fingerprint density at radius 1 is 1.29 bits per heavy atom. The van der Waals surface area contributed by atoms with Crippen LogP contribution in [-0.4, -0.2) is 30.2 Å². The second-order valence-electron chi connectivity index (χ2n) is 4.76. The molecule has 0 amide bonds. The summed E-state index contributed by atoms with van der Waals surface area (Å²) < 4.78 is 13.8. The molecule has 0 aliphatic carbocycles. The van der Waals surface area contributed by atoms with Crippen molar-refractivity contribution in [1.29, 1.82) is 0 Å². The van der Waals surface area contributed by atoms with Crippen LogP contribution < -0.4 is 0 Å². The van der Waals surface area contributed by atoms with Gasteiger partial charge in [-0.15, -0.1) is 11.6 Å². The maximum Gasteiger partial charge on any atom is 0.124 e. The highest BCUT2D eigenvalue weighted by molar-refractivity contribution is 7.84. The normalized spacial score (nSPS) is 13.0. The summed E-state index contributed by atoms with van der Waals surface area (Å²) >= 11 is 6.02. The molecule has 1 unspecified atom stereocenters. The Morgan fingerprint density at radius 2 is 2.10 bits per heavy atom. The van der Waals surface area contributed by atoms with Gasteiger partial charge in [0.25, 0.3) is 0 Å². The van der Waals surface area contributed by atoms with Gasteiger partial charge in [0.05, 0.1) is 23.1 Å². The van der Waals surface area contributed by atoms with Gasteiger partial charge in [-0.2, -0.15) is 0 Å². The highest BCUT2D eigenvalue weighted by atomic mass is 35.5. The van der Waals surface area contributed by atoms with Gasteiger partial charge in [-0.1, -0.05) is 25.1 Å². The van der Waals surface area contributed by atoms with Crippen LogP contribution in [0.2, 0.25) is 0 Å². The molecule has 21 heavy (non-hydrogen) atoms. The van der Waals surface area contributed by atoms with Crippen molar-refractivity contribution in [2.75, 3.05) is 11.5 Å². The van der Waals surface area contributed by atoms with Crippen molar-refractivity contribution < 1.29 is 4.21 Å². The molecule has 2 heterocycles. The van der Waals surface area contributed by atoms with E-state index in [4.69, 9.17) is 11.6 Å². The van der Waals surface area contributed by atoms with E-state index in [1.54, 1.807) is 6.20 Å². The molecule has 0 saturated carbocycles. The fourth-order valence-corrected chi connectivity index (χ4v) is 3.37. The molecule has 0 spiro atoms. The SMILES string of the molecule is CCS(=O)CCn1c(CCl)nc2cnc3ccccc3c21. The molecular formula is C15H16ClN3OS. The monoisotopic (exact) mass is 321 g/mol. The van der Waals surface area contributed by atoms with Crippen molar-refractivity contribution in [2.24, 2.45) is 0 Å². The van der Waals surface area contributed by atoms with E-state index < -0.39 is 10.8 Å². The van der Waals surface area contributed by atoms with Crippen LogP contribution in [0.3, 0.4) is 0 Å². The molecule has 1 atom stereocenters. The first-order chi connectivity index (χ1) is 10.2. The largest absolute Gasteiger partial charge is 0.325 e. The van der Waals surface area contributed by atoms with Crippen molar-refractivity contribution in [3.8, 4) is 0 Å². The smallest absolute Gasteiger partial charge is 0.124 e. The Kier molecular flexibility index (Phi) is 4.22. The lowest BCUT2D eigenvalue weighted by Gasteiger charge is -2.08. The fraction of sp³-hybridized carbons (Fsp3) is 0.333. The summed E-state index contributed by atoms with van der Waals surface area (Å²) in [6.07, 6.45) is 1.78. The summed E-state index contributed by atoms with van der Waals surface area (Å²) in [6, 6.07) is 7.98. The Labute approximate surface area is 130 Å². The number of aromatic nitrogens is 3. The molecule has 0 fully saturated rings. The van der Waals surface area contributed by atoms with E-state index in [2.05, 4.69) is 14.5 Å². The predicted molar refractivity (Wildman–Crippen MR) is 88.1 cm³/mol. The second kappa shape index (κ2) is 6.12. The van der Waals surface area contributed by atoms with Crippen LogP contribution in [0, 0.1) is 0 Å². The molecule has 3 aromatic rings. The summed E-state index contributed by atoms with van der Waals surface area (Å²) in [5, 5.41) is 1.06. The average Bonchev–Trinajstić information content (AvgIpc) is 2.90. The fourth-order valence-electron chi connectivity index (χ4n) is 2.49. The standard InChI is InChI=1S/C15H16ClN3OS/c1-2-21(20)8-7-19-14(9-16)18-13-10-17-12-6-4-3-5-11(12)15(13)19/h3-6,10H,2,7-9H2,1H3. The number of pyridine rings is 1. The predicted octanol–water partition coefficient (Wildman–Crippen LogP) is 3.09. The molecule has 0 aliphatic rings. The number of halogens is 1. The second-order valence-corrected chi connectivity index (χ2v) is 6.89. The Bertz CT molecular complexity index is 815. The van der Waals surface area contributed by atoms with E-state index in [0.29, 0.717) is 23.9 Å². The Hall–Kier alpha value is -1.46. The lowest BCUT2D eigenvalue weighted by molar-refractivity contribution is 0.673. The Morgan fingerprint density at radius 3 is 2.86 bits per heavy atom. The maximum absolute atomic E-state index is 11.7. The van der Waals surface area contributed by atoms with Gasteiger partial charge < -0.3 is 4.57 Å². The molecule has 0 bridgehead atoms. The van der Waals surface area contributed by atoms with Crippen LogP contribution in [0.5, 0.6) is 0 Å². The van der Waals surface area contributed by atoms with Crippen LogP contribution in [0.25, 0.3) is 21.9 Å². The van der Waals surface area contributed by atoms with Gasteiger partial charge >= 0.3 is 0 Å². The summed E-state index contributed by atoms with van der Waals surface area (Å²) in [6.45, 7) is 2.59. The number of rotatable bonds is 5. The van der Waals surface area contributed by atoms with E-state index in [1.807, 2.05) is 31.2 Å². The first kappa shape index (κ1) is 14.5. The number of para-hydroxylation sites is 1. The van der Waals surface area contributed by atoms with E-state index in [-0.39, 0.29) is 0 Å². The topological polar surface area (TPSA) is 47.8 Å². The van der Waals surface area contributed by atoms with Crippen molar-refractivity contribution in [1.82, 2.24) is 14.5 Å². The Balaban J connectivity index is 2.19. The van der Waals surface area contributed by atoms with Crippen LogP contribution in [0.4, 0.5) is 0 Å². The van der Waals surface area contributed by atoms with E-state index in [9.17, 15) is 4.21 Å². The van der Waals surface area contributed by atoms with Crippen molar-refractivity contribution in [3.05, 3.63) is 36.3 Å². The number of imidazole rings is 1. The first-order valence-corrected chi connectivity index (χ1v) is 8.90. The molecule has 110 valence electrons. The van der Waals surface area contributed by atoms with Crippen LogP contribution in [-0.2, 0) is 23.2 Å². The summed E-state index contributed by atoms with van der Waals surface area (Å²) in [5.74, 6) is 2.42. The maximum atomic E-state index is 11.7. The number of hydrogen-bond acceptors (Lipinski definition) is 3. The van der Waals surface area contributed by atoms with Gasteiger partial charge in [-0.3, -0.25) is 9.19 Å². The third-order valence-electron chi connectivity index (χ3n) is 3.54. The highest BCUT2D eigenvalue weighted by Crippen LogP contribution is 2.25. The van der Waals surface area contributed by atoms with E-state index in [1.165, 1.54) is 0 Å². The molecule has 6 heteroatoms. The van der Waals surface area contributed by atoms with Crippen molar-refractivity contribution in [2.45, 2.75) is 19.3 Å². The average molecular weight is 322 g/mol. The zero-order valence-corrected chi connectivity index (χ0v) is 13.3. The molecule has 0 saturated heterocycles. The minimum atomic E-state index is -0.806. The minimum Gasteiger partial charge on any atom is -0.325 e. The molecule has 4 nitrogen and oxygen atoms in total. The molecule has 0 aliphatic heterocycles. The van der Waals surface area contributed by atoms with Gasteiger partial charge in [0.2, 0.25) is 0 Å². The molecule has 0 N–H and O–H groups in total. The molecular weight excluding hydrogens is 306 g/mol. The van der Waals surface area contributed by atoms with Crippen molar-refractivity contribution >= 4 is 44.3 Å². The van der Waals surface area contributed by atoms with Crippen molar-refractivity contribution in [3.63, 3.8) is 0 Å². The van der Waals surface area contributed by atoms with Gasteiger partial charge in [-0.25, -0.2) is 4.98 Å². The van der Waals surface area contributed by atoms with Gasteiger partial charge in [0.1, 0.15) is 11.3 Å². The lowest BCUT2D eigenvalue weighted by Crippen LogP contribution is -2.11. The molecule has 2 aromatic heterocycles. The number of fused-ring (bicyclic) bond motifs is 3. The summed E-state index contributed by atoms with van der Waals surface area (Å²) in [4.78, 5) is 8.99. The van der Waals surface area contributed by atoms with Crippen LogP contribution in [0.15, 0.2) is 30.5 Å². The summed E-state index contributed by atoms with van der Waals surface area (Å²) in [5.41, 5.74) is 2.81. The van der Waals surface area contributed by atoms with E-state index >= 15 is 0 Å². The van der Waals surface area contributed by atoms with E-state index in [0.717, 1.165) is 27.8 Å². The van der Waals surface area contributed by atoms with Gasteiger partial charge in [-0.05, 0) is 6.07 Å². The number of nitrogens with zero attached hydrogens (tertiary/aromatic N) is 3. The van der Waals surface area contributed by atoms with Crippen LogP contribution in [0.1, 0.15) is 12.7 Å². The molecule has 0 radical (unpaired) electrons. The quantitative estimate of drug-likeness (QED) is 0.678. The van der Waals surface area contributed by atoms with Gasteiger partial charge in [0.15, 0.2) is 0 Å². The number of hydrogen-bond donors (Lipinski definition) is 0.